The quantitative estimate of drug-likeness (QED) is 0.863. The summed E-state index contributed by atoms with van der Waals surface area (Å²) in [5.41, 5.74) is 8.00. The van der Waals surface area contributed by atoms with Crippen LogP contribution in [0.2, 0.25) is 0 Å². The van der Waals surface area contributed by atoms with Gasteiger partial charge in [0.1, 0.15) is 4.60 Å². The summed E-state index contributed by atoms with van der Waals surface area (Å²) in [6.45, 7) is 2.01. The third-order valence-corrected chi connectivity index (χ3v) is 2.74. The summed E-state index contributed by atoms with van der Waals surface area (Å²) < 4.78 is 0.934. The van der Waals surface area contributed by atoms with Crippen LogP contribution in [-0.4, -0.2) is 16.2 Å². The molecular formula is C10H12BrN3. The Hall–Kier alpha value is -0.870. The molecule has 0 aliphatic heterocycles. The predicted octanol–water partition coefficient (Wildman–Crippen LogP) is 2.22. The number of nitrogens with zero attached hydrogens (tertiary/aromatic N) is 1. The average molecular weight is 254 g/mol. The molecule has 1 atom stereocenters. The number of fused-ring (bicyclic) bond motifs is 1. The Morgan fingerprint density at radius 2 is 2.36 bits per heavy atom. The van der Waals surface area contributed by atoms with Crippen molar-refractivity contribution in [1.29, 1.82) is 0 Å². The summed E-state index contributed by atoms with van der Waals surface area (Å²) in [6, 6.07) is 6.25. The summed E-state index contributed by atoms with van der Waals surface area (Å²) in [7, 11) is 0. The van der Waals surface area contributed by atoms with Crippen LogP contribution >= 0.6 is 15.9 Å². The van der Waals surface area contributed by atoms with E-state index in [4.69, 9.17) is 5.73 Å². The minimum Gasteiger partial charge on any atom is -0.328 e. The van der Waals surface area contributed by atoms with Crippen LogP contribution in [0.4, 0.5) is 0 Å². The second kappa shape index (κ2) is 3.71. The van der Waals surface area contributed by atoms with Crippen LogP contribution in [0.25, 0.3) is 10.9 Å². The Labute approximate surface area is 90.8 Å². The van der Waals surface area contributed by atoms with E-state index in [-0.39, 0.29) is 6.04 Å². The lowest BCUT2D eigenvalue weighted by atomic mass is 10.0. The van der Waals surface area contributed by atoms with E-state index < -0.39 is 0 Å². The van der Waals surface area contributed by atoms with Crippen molar-refractivity contribution in [1.82, 2.24) is 10.2 Å². The summed E-state index contributed by atoms with van der Waals surface area (Å²) in [5, 5.41) is 8.23. The first-order chi connectivity index (χ1) is 6.68. The maximum absolute atomic E-state index is 5.79. The topological polar surface area (TPSA) is 54.7 Å². The molecule has 4 heteroatoms. The average Bonchev–Trinajstić information content (AvgIpc) is 2.48. The van der Waals surface area contributed by atoms with Crippen molar-refractivity contribution in [3.63, 3.8) is 0 Å². The highest BCUT2D eigenvalue weighted by Gasteiger charge is 2.08. The number of hydrogen-bond acceptors (Lipinski definition) is 2. The fourth-order valence-corrected chi connectivity index (χ4v) is 2.16. The minimum absolute atomic E-state index is 0.169. The van der Waals surface area contributed by atoms with Crippen molar-refractivity contribution >= 4 is 26.8 Å². The third-order valence-electron chi connectivity index (χ3n) is 2.16. The SMILES string of the molecule is CC(N)Cc1cccc2n[nH]c(Br)c12. The number of nitrogens with one attached hydrogen (secondary N) is 1. The van der Waals surface area contributed by atoms with Gasteiger partial charge >= 0.3 is 0 Å². The number of hydrogen-bond donors (Lipinski definition) is 2. The van der Waals surface area contributed by atoms with Crippen molar-refractivity contribution in [2.75, 3.05) is 0 Å². The molecule has 0 saturated carbocycles. The Morgan fingerprint density at radius 3 is 3.07 bits per heavy atom. The summed E-state index contributed by atoms with van der Waals surface area (Å²) in [5.74, 6) is 0. The summed E-state index contributed by atoms with van der Waals surface area (Å²) in [4.78, 5) is 0. The highest BCUT2D eigenvalue weighted by molar-refractivity contribution is 9.10. The second-order valence-corrected chi connectivity index (χ2v) is 4.32. The molecule has 2 aromatic rings. The lowest BCUT2D eigenvalue weighted by molar-refractivity contribution is 0.741. The second-order valence-electron chi connectivity index (χ2n) is 3.53. The first-order valence-electron chi connectivity index (χ1n) is 4.55. The number of halogens is 1. The van der Waals surface area contributed by atoms with E-state index >= 15 is 0 Å². The zero-order valence-corrected chi connectivity index (χ0v) is 9.51. The molecule has 0 aliphatic carbocycles. The van der Waals surface area contributed by atoms with Gasteiger partial charge in [-0.05, 0) is 40.9 Å². The van der Waals surface area contributed by atoms with Crippen molar-refractivity contribution in [2.45, 2.75) is 19.4 Å². The number of benzene rings is 1. The zero-order chi connectivity index (χ0) is 10.1. The molecule has 1 aromatic carbocycles. The van der Waals surface area contributed by atoms with E-state index in [0.29, 0.717) is 0 Å². The molecule has 0 fully saturated rings. The number of nitrogens with two attached hydrogens (primary N) is 1. The fraction of sp³-hybridized carbons (Fsp3) is 0.300. The van der Waals surface area contributed by atoms with Gasteiger partial charge in [-0.1, -0.05) is 12.1 Å². The van der Waals surface area contributed by atoms with Crippen molar-refractivity contribution < 1.29 is 0 Å². The van der Waals surface area contributed by atoms with E-state index in [9.17, 15) is 0 Å². The van der Waals surface area contributed by atoms with Crippen molar-refractivity contribution in [3.8, 4) is 0 Å². The number of rotatable bonds is 2. The highest BCUT2D eigenvalue weighted by Crippen LogP contribution is 2.25. The molecule has 0 aliphatic rings. The van der Waals surface area contributed by atoms with Gasteiger partial charge < -0.3 is 5.73 Å². The smallest absolute Gasteiger partial charge is 0.109 e. The molecule has 0 saturated heterocycles. The standard InChI is InChI=1S/C10H12BrN3/c1-6(12)5-7-3-2-4-8-9(7)10(11)14-13-8/h2-4,6H,5,12H2,1H3,(H,13,14). The van der Waals surface area contributed by atoms with Crippen LogP contribution < -0.4 is 5.73 Å². The van der Waals surface area contributed by atoms with Crippen molar-refractivity contribution in [2.24, 2.45) is 5.73 Å². The molecule has 1 unspecified atom stereocenters. The Kier molecular flexibility index (Phi) is 2.56. The van der Waals surface area contributed by atoms with E-state index in [0.717, 1.165) is 21.9 Å². The molecule has 14 heavy (non-hydrogen) atoms. The van der Waals surface area contributed by atoms with E-state index in [1.54, 1.807) is 0 Å². The lowest BCUT2D eigenvalue weighted by Gasteiger charge is -2.06. The molecule has 3 N–H and O–H groups in total. The van der Waals surface area contributed by atoms with Gasteiger partial charge in [-0.3, -0.25) is 5.10 Å². The van der Waals surface area contributed by atoms with E-state index in [1.165, 1.54) is 5.56 Å². The molecule has 3 nitrogen and oxygen atoms in total. The highest BCUT2D eigenvalue weighted by atomic mass is 79.9. The van der Waals surface area contributed by atoms with Gasteiger partial charge in [-0.2, -0.15) is 5.10 Å². The fourth-order valence-electron chi connectivity index (χ4n) is 1.62. The van der Waals surface area contributed by atoms with Gasteiger partial charge in [0.05, 0.1) is 5.52 Å². The van der Waals surface area contributed by atoms with Crippen LogP contribution in [0.5, 0.6) is 0 Å². The Bertz CT molecular complexity index is 448. The number of aromatic nitrogens is 2. The molecule has 1 heterocycles. The summed E-state index contributed by atoms with van der Waals surface area (Å²) >= 11 is 3.45. The van der Waals surface area contributed by atoms with Gasteiger partial charge in [-0.25, -0.2) is 0 Å². The molecule has 1 aromatic heterocycles. The van der Waals surface area contributed by atoms with E-state index in [2.05, 4.69) is 32.2 Å². The molecule has 0 bridgehead atoms. The van der Waals surface area contributed by atoms with Gasteiger partial charge in [-0.15, -0.1) is 0 Å². The van der Waals surface area contributed by atoms with E-state index in [1.807, 2.05) is 19.1 Å². The molecule has 74 valence electrons. The number of aromatic amines is 1. The molecule has 2 rings (SSSR count). The Morgan fingerprint density at radius 1 is 1.57 bits per heavy atom. The van der Waals surface area contributed by atoms with Crippen LogP contribution in [0, 0.1) is 0 Å². The van der Waals surface area contributed by atoms with Crippen LogP contribution in [0.15, 0.2) is 22.8 Å². The molecule has 0 radical (unpaired) electrons. The molecule has 0 amide bonds. The molecular weight excluding hydrogens is 242 g/mol. The Balaban J connectivity index is 2.57. The minimum atomic E-state index is 0.169. The predicted molar refractivity (Wildman–Crippen MR) is 61.1 cm³/mol. The maximum atomic E-state index is 5.79. The van der Waals surface area contributed by atoms with Crippen LogP contribution in [0.1, 0.15) is 12.5 Å². The largest absolute Gasteiger partial charge is 0.328 e. The zero-order valence-electron chi connectivity index (χ0n) is 7.92. The number of H-pyrrole nitrogens is 1. The van der Waals surface area contributed by atoms with Gasteiger partial charge in [0.25, 0.3) is 0 Å². The molecule has 0 spiro atoms. The van der Waals surface area contributed by atoms with Gasteiger partial charge in [0.2, 0.25) is 0 Å². The first-order valence-corrected chi connectivity index (χ1v) is 5.35. The monoisotopic (exact) mass is 253 g/mol. The van der Waals surface area contributed by atoms with Crippen LogP contribution in [0.3, 0.4) is 0 Å². The maximum Gasteiger partial charge on any atom is 0.109 e. The van der Waals surface area contributed by atoms with Gasteiger partial charge in [0, 0.05) is 11.4 Å². The lowest BCUT2D eigenvalue weighted by Crippen LogP contribution is -2.17. The van der Waals surface area contributed by atoms with Crippen molar-refractivity contribution in [3.05, 3.63) is 28.4 Å². The van der Waals surface area contributed by atoms with Gasteiger partial charge in [0.15, 0.2) is 0 Å². The van der Waals surface area contributed by atoms with Crippen LogP contribution in [-0.2, 0) is 6.42 Å². The first kappa shape index (κ1) is 9.68. The summed E-state index contributed by atoms with van der Waals surface area (Å²) in [6.07, 6.45) is 0.871. The normalized spacial score (nSPS) is 13.4. The third kappa shape index (κ3) is 1.67.